The zero-order chi connectivity index (χ0) is 8.54. The van der Waals surface area contributed by atoms with Crippen molar-refractivity contribution in [2.45, 2.75) is 39.3 Å². The molecule has 0 N–H and O–H groups in total. The van der Waals surface area contributed by atoms with Gasteiger partial charge in [-0.1, -0.05) is 27.2 Å². The van der Waals surface area contributed by atoms with Gasteiger partial charge in [0.2, 0.25) is 0 Å². The smallest absolute Gasteiger partial charge is 0.144 e. The molecule has 0 saturated heterocycles. The van der Waals surface area contributed by atoms with Crippen LogP contribution in [0.4, 0.5) is 0 Å². The van der Waals surface area contributed by atoms with Crippen molar-refractivity contribution in [2.24, 2.45) is 15.6 Å². The van der Waals surface area contributed by atoms with E-state index in [9.17, 15) is 0 Å². The maximum Gasteiger partial charge on any atom is 0.250 e. The molecule has 1 aliphatic rings. The lowest BCUT2D eigenvalue weighted by molar-refractivity contribution is 0.298. The molecular weight excluding hydrogens is 136 g/mol. The molecule has 1 rings (SSSR count). The molecule has 2 nitrogen and oxygen atoms in total. The molecule has 0 atom stereocenters. The van der Waals surface area contributed by atoms with Crippen molar-refractivity contribution in [1.29, 1.82) is 0 Å². The average molecular weight is 150 g/mol. The van der Waals surface area contributed by atoms with Crippen LogP contribution in [0.15, 0.2) is 10.2 Å². The molecule has 1 heterocycles. The Morgan fingerprint density at radius 1 is 1.45 bits per heavy atom. The average Bonchev–Trinajstić information content (AvgIpc) is 2.69. The molecule has 0 radical (unpaired) electrons. The summed E-state index contributed by atoms with van der Waals surface area (Å²) in [6, 6.07) is 0. The fourth-order valence-electron chi connectivity index (χ4n) is 1.03. The van der Waals surface area contributed by atoms with Gasteiger partial charge < -0.3 is 0 Å². The van der Waals surface area contributed by atoms with Crippen molar-refractivity contribution in [3.05, 3.63) is 0 Å². The topological polar surface area (TPSA) is 24.7 Å². The number of hydrogen-bond acceptors (Lipinski definition) is 2. The molecule has 0 aromatic carbocycles. The molecule has 1 aliphatic heterocycles. The Morgan fingerprint density at radius 2 is 2.00 bits per heavy atom. The van der Waals surface area contributed by atoms with Crippen molar-refractivity contribution < 1.29 is 0 Å². The van der Waals surface area contributed by atoms with Gasteiger partial charge in [0.05, 0.1) is 0 Å². The fourth-order valence-corrected chi connectivity index (χ4v) is 1.03. The van der Waals surface area contributed by atoms with E-state index in [0.717, 1.165) is 12.8 Å². The second-order valence-corrected chi connectivity index (χ2v) is 3.86. The summed E-state index contributed by atoms with van der Waals surface area (Å²) < 4.78 is 0. The van der Waals surface area contributed by atoms with E-state index in [0.29, 0.717) is 0 Å². The van der Waals surface area contributed by atoms with Crippen molar-refractivity contribution in [1.82, 2.24) is 0 Å². The van der Waals surface area contributed by atoms with Crippen molar-refractivity contribution in [3.8, 4) is 12.3 Å². The van der Waals surface area contributed by atoms with Gasteiger partial charge in [-0.15, -0.1) is 16.7 Å². The molecule has 11 heavy (non-hydrogen) atoms. The minimum Gasteiger partial charge on any atom is -0.144 e. The lowest BCUT2D eigenvalue weighted by atomic mass is 9.82. The van der Waals surface area contributed by atoms with Crippen molar-refractivity contribution >= 4 is 0 Å². The maximum atomic E-state index is 5.29. The highest BCUT2D eigenvalue weighted by Gasteiger charge is 2.42. The van der Waals surface area contributed by atoms with E-state index in [2.05, 4.69) is 36.9 Å². The molecule has 0 unspecified atom stereocenters. The molecule has 0 aliphatic carbocycles. The van der Waals surface area contributed by atoms with Crippen LogP contribution in [0.2, 0.25) is 0 Å². The molecule has 60 valence electrons. The van der Waals surface area contributed by atoms with Crippen LogP contribution in [0.25, 0.3) is 0 Å². The first-order valence-corrected chi connectivity index (χ1v) is 3.95. The van der Waals surface area contributed by atoms with Crippen molar-refractivity contribution in [3.63, 3.8) is 0 Å². The molecule has 0 bridgehead atoms. The molecular formula is C9H14N2. The predicted molar refractivity (Wildman–Crippen MR) is 45.1 cm³/mol. The molecule has 0 aromatic heterocycles. The van der Waals surface area contributed by atoms with Crippen LogP contribution in [-0.4, -0.2) is 5.66 Å². The van der Waals surface area contributed by atoms with E-state index in [-0.39, 0.29) is 5.41 Å². The van der Waals surface area contributed by atoms with E-state index < -0.39 is 5.66 Å². The first-order chi connectivity index (χ1) is 5.04. The standard InChI is InChI=1S/C9H14N2/c1-5-8(3,4)7-9(6-2)10-11-9/h2H,5,7H2,1,3-4H3. The first kappa shape index (κ1) is 8.26. The van der Waals surface area contributed by atoms with E-state index in [1.807, 2.05) is 0 Å². The van der Waals surface area contributed by atoms with Crippen LogP contribution in [0.5, 0.6) is 0 Å². The van der Waals surface area contributed by atoms with Gasteiger partial charge in [-0.3, -0.25) is 0 Å². The van der Waals surface area contributed by atoms with E-state index >= 15 is 0 Å². The van der Waals surface area contributed by atoms with Gasteiger partial charge in [-0.2, -0.15) is 0 Å². The lowest BCUT2D eigenvalue weighted by Gasteiger charge is -2.23. The number of terminal acetylenes is 1. The first-order valence-electron chi connectivity index (χ1n) is 3.95. The summed E-state index contributed by atoms with van der Waals surface area (Å²) >= 11 is 0. The summed E-state index contributed by atoms with van der Waals surface area (Å²) in [6.07, 6.45) is 7.29. The minimum absolute atomic E-state index is 0.260. The van der Waals surface area contributed by atoms with Crippen LogP contribution in [0, 0.1) is 17.8 Å². The molecule has 0 spiro atoms. The molecule has 0 amide bonds. The van der Waals surface area contributed by atoms with Crippen molar-refractivity contribution in [2.75, 3.05) is 0 Å². The van der Waals surface area contributed by atoms with Crippen LogP contribution < -0.4 is 0 Å². The summed E-state index contributed by atoms with van der Waals surface area (Å²) in [6.45, 7) is 6.54. The Hall–Kier alpha value is -0.840. The van der Waals surface area contributed by atoms with Gasteiger partial charge in [0.15, 0.2) is 0 Å². The maximum absolute atomic E-state index is 5.29. The molecule has 0 fully saturated rings. The second-order valence-electron chi connectivity index (χ2n) is 3.86. The Labute approximate surface area is 68.1 Å². The minimum atomic E-state index is -0.445. The van der Waals surface area contributed by atoms with E-state index in [1.165, 1.54) is 0 Å². The Balaban J connectivity index is 2.50. The largest absolute Gasteiger partial charge is 0.250 e. The fraction of sp³-hybridized carbons (Fsp3) is 0.778. The summed E-state index contributed by atoms with van der Waals surface area (Å²) in [5, 5.41) is 7.75. The van der Waals surface area contributed by atoms with Gasteiger partial charge in [0, 0.05) is 6.42 Å². The number of rotatable bonds is 3. The Morgan fingerprint density at radius 3 is 2.27 bits per heavy atom. The van der Waals surface area contributed by atoms with Crippen LogP contribution >= 0.6 is 0 Å². The van der Waals surface area contributed by atoms with Crippen LogP contribution in [0.1, 0.15) is 33.6 Å². The second kappa shape index (κ2) is 2.34. The lowest BCUT2D eigenvalue weighted by Crippen LogP contribution is -2.20. The van der Waals surface area contributed by atoms with Crippen LogP contribution in [0.3, 0.4) is 0 Å². The molecule has 2 heteroatoms. The third kappa shape index (κ3) is 1.80. The highest BCUT2D eigenvalue weighted by Crippen LogP contribution is 2.40. The third-order valence-corrected chi connectivity index (χ3v) is 2.25. The summed E-state index contributed by atoms with van der Waals surface area (Å²) in [5.41, 5.74) is -0.185. The summed E-state index contributed by atoms with van der Waals surface area (Å²) in [4.78, 5) is 0. The Kier molecular flexibility index (Phi) is 1.75. The highest BCUT2D eigenvalue weighted by atomic mass is 15.4. The Bertz CT molecular complexity index is 214. The van der Waals surface area contributed by atoms with Gasteiger partial charge in [0.1, 0.15) is 0 Å². The number of nitrogens with zero attached hydrogens (tertiary/aromatic N) is 2. The number of hydrogen-bond donors (Lipinski definition) is 0. The van der Waals surface area contributed by atoms with E-state index in [4.69, 9.17) is 6.42 Å². The van der Waals surface area contributed by atoms with Gasteiger partial charge in [-0.05, 0) is 11.3 Å². The zero-order valence-electron chi connectivity index (χ0n) is 7.39. The quantitative estimate of drug-likeness (QED) is 0.552. The monoisotopic (exact) mass is 150 g/mol. The summed E-state index contributed by atoms with van der Waals surface area (Å²) in [5.74, 6) is 2.61. The molecule has 0 saturated carbocycles. The zero-order valence-corrected chi connectivity index (χ0v) is 7.39. The SMILES string of the molecule is C#CC1(CC(C)(C)CC)N=N1. The third-order valence-electron chi connectivity index (χ3n) is 2.25. The molecule has 0 aromatic rings. The predicted octanol–water partition coefficient (Wildman–Crippen LogP) is 2.61. The van der Waals surface area contributed by atoms with Gasteiger partial charge in [0.25, 0.3) is 5.66 Å². The van der Waals surface area contributed by atoms with Gasteiger partial charge in [-0.25, -0.2) is 0 Å². The van der Waals surface area contributed by atoms with Crippen LogP contribution in [-0.2, 0) is 0 Å². The normalized spacial score (nSPS) is 19.5. The van der Waals surface area contributed by atoms with E-state index in [1.54, 1.807) is 0 Å². The highest BCUT2D eigenvalue weighted by molar-refractivity contribution is 5.18. The van der Waals surface area contributed by atoms with Gasteiger partial charge >= 0.3 is 0 Å². The summed E-state index contributed by atoms with van der Waals surface area (Å²) in [7, 11) is 0.